The van der Waals surface area contributed by atoms with Crippen molar-refractivity contribution in [2.24, 2.45) is 4.99 Å². The lowest BCUT2D eigenvalue weighted by molar-refractivity contribution is -0.553. The van der Waals surface area contributed by atoms with Crippen molar-refractivity contribution in [3.8, 4) is 5.88 Å². The summed E-state index contributed by atoms with van der Waals surface area (Å²) in [6, 6.07) is 12.8. The summed E-state index contributed by atoms with van der Waals surface area (Å²) in [7, 11) is 0. The second-order valence-electron chi connectivity index (χ2n) is 5.60. The van der Waals surface area contributed by atoms with Gasteiger partial charge < -0.3 is 5.11 Å². The van der Waals surface area contributed by atoms with E-state index in [9.17, 15) is 14.7 Å². The van der Waals surface area contributed by atoms with Crippen LogP contribution in [0.1, 0.15) is 16.8 Å². The van der Waals surface area contributed by atoms with Crippen LogP contribution < -0.4 is 15.8 Å². The highest BCUT2D eigenvalue weighted by molar-refractivity contribution is 6.30. The van der Waals surface area contributed by atoms with Gasteiger partial charge in [-0.1, -0.05) is 17.7 Å². The predicted molar refractivity (Wildman–Crippen MR) is 97.2 cm³/mol. The number of aromatic amines is 2. The van der Waals surface area contributed by atoms with E-state index in [0.717, 1.165) is 11.3 Å². The molecule has 0 saturated carbocycles. The Balaban J connectivity index is 1.91. The van der Waals surface area contributed by atoms with Crippen molar-refractivity contribution in [1.82, 2.24) is 9.97 Å². The van der Waals surface area contributed by atoms with E-state index in [-0.39, 0.29) is 5.56 Å². The van der Waals surface area contributed by atoms with Gasteiger partial charge in [0.05, 0.1) is 11.8 Å². The normalized spacial score (nSPS) is 14.3. The molecule has 0 amide bonds. The molecule has 0 spiro atoms. The number of benzene rings is 1. The van der Waals surface area contributed by atoms with Crippen molar-refractivity contribution < 1.29 is 9.67 Å². The van der Waals surface area contributed by atoms with Crippen LogP contribution in [0.15, 0.2) is 63.2 Å². The van der Waals surface area contributed by atoms with E-state index >= 15 is 0 Å². The van der Waals surface area contributed by atoms with E-state index in [1.54, 1.807) is 12.1 Å². The number of nitrogens with one attached hydrogen (secondary N) is 2. The second-order valence-corrected chi connectivity index (χ2v) is 6.03. The minimum Gasteiger partial charge on any atom is -0.494 e. The van der Waals surface area contributed by atoms with E-state index in [4.69, 9.17) is 11.6 Å². The zero-order valence-corrected chi connectivity index (χ0v) is 14.0. The number of rotatable bonds is 2. The number of nitrogens with zero attached hydrogens (tertiary/aromatic N) is 2. The molecular formula is C18H12ClN4O3+. The van der Waals surface area contributed by atoms with Crippen molar-refractivity contribution in [1.29, 1.82) is 0 Å². The Bertz CT molecular complexity index is 1190. The first-order valence-electron chi connectivity index (χ1n) is 7.66. The summed E-state index contributed by atoms with van der Waals surface area (Å²) in [6.45, 7) is 0. The third kappa shape index (κ3) is 2.74. The van der Waals surface area contributed by atoms with Gasteiger partial charge in [0, 0.05) is 11.1 Å². The van der Waals surface area contributed by atoms with Gasteiger partial charge in [0.15, 0.2) is 5.69 Å². The van der Waals surface area contributed by atoms with Crippen LogP contribution in [0.3, 0.4) is 0 Å². The van der Waals surface area contributed by atoms with Gasteiger partial charge in [-0.3, -0.25) is 14.8 Å². The lowest BCUT2D eigenvalue weighted by Gasteiger charge is -1.99. The Kier molecular flexibility index (Phi) is 3.78. The molecule has 2 aromatic heterocycles. The molecule has 3 N–H and O–H groups in total. The topological polar surface area (TPSA) is 102 Å². The lowest BCUT2D eigenvalue weighted by Crippen LogP contribution is -2.42. The highest BCUT2D eigenvalue weighted by Crippen LogP contribution is 2.24. The first-order chi connectivity index (χ1) is 12.5. The summed E-state index contributed by atoms with van der Waals surface area (Å²) < 4.78 is 1.87. The number of hydrogen-bond donors (Lipinski definition) is 3. The molecule has 0 radical (unpaired) electrons. The Hall–Kier alpha value is -3.45. The second kappa shape index (κ2) is 6.12. The number of halogens is 1. The highest BCUT2D eigenvalue weighted by atomic mass is 35.5. The van der Waals surface area contributed by atoms with Crippen molar-refractivity contribution >= 4 is 29.2 Å². The number of aromatic nitrogens is 3. The monoisotopic (exact) mass is 367 g/mol. The average molecular weight is 368 g/mol. The fraction of sp³-hybridized carbons (Fsp3) is 0. The molecule has 1 aliphatic heterocycles. The van der Waals surface area contributed by atoms with Gasteiger partial charge in [-0.05, 0) is 41.4 Å². The van der Waals surface area contributed by atoms with Gasteiger partial charge in [0.1, 0.15) is 5.56 Å². The van der Waals surface area contributed by atoms with Crippen LogP contribution in [0.4, 0.5) is 0 Å². The van der Waals surface area contributed by atoms with Crippen LogP contribution in [0.5, 0.6) is 5.88 Å². The van der Waals surface area contributed by atoms with E-state index in [1.807, 2.05) is 41.1 Å². The molecule has 0 saturated heterocycles. The average Bonchev–Trinajstić information content (AvgIpc) is 2.97. The van der Waals surface area contributed by atoms with Crippen molar-refractivity contribution in [3.63, 3.8) is 0 Å². The summed E-state index contributed by atoms with van der Waals surface area (Å²) >= 11 is 5.95. The van der Waals surface area contributed by atoms with E-state index in [2.05, 4.69) is 15.0 Å². The van der Waals surface area contributed by atoms with Crippen LogP contribution in [0.25, 0.3) is 11.8 Å². The van der Waals surface area contributed by atoms with Crippen LogP contribution >= 0.6 is 11.6 Å². The lowest BCUT2D eigenvalue weighted by atomic mass is 10.2. The minimum absolute atomic E-state index is 0.0730. The number of H-pyrrole nitrogens is 2. The fourth-order valence-electron chi connectivity index (χ4n) is 2.73. The minimum atomic E-state index is -0.777. The SMILES string of the molecule is O=c1[nH]c(O)c(/C=C2\N=C(c3ccc(Cl)cc3)[n+]3ccccc32)c(=O)[nH]1. The largest absolute Gasteiger partial charge is 0.494 e. The van der Waals surface area contributed by atoms with Gasteiger partial charge >= 0.3 is 11.5 Å². The Morgan fingerprint density at radius 1 is 1.08 bits per heavy atom. The molecule has 8 heteroatoms. The molecule has 7 nitrogen and oxygen atoms in total. The first-order valence-corrected chi connectivity index (χ1v) is 8.04. The quantitative estimate of drug-likeness (QED) is 0.598. The summed E-state index contributed by atoms with van der Waals surface area (Å²) in [4.78, 5) is 32.1. The molecule has 0 unspecified atom stereocenters. The molecule has 1 aliphatic rings. The summed E-state index contributed by atoms with van der Waals surface area (Å²) in [5, 5.41) is 10.5. The number of aromatic hydroxyl groups is 1. The molecule has 0 atom stereocenters. The van der Waals surface area contributed by atoms with Gasteiger partial charge in [-0.2, -0.15) is 4.57 Å². The van der Waals surface area contributed by atoms with E-state index in [1.165, 1.54) is 6.08 Å². The maximum absolute atomic E-state index is 12.0. The van der Waals surface area contributed by atoms with Gasteiger partial charge in [-0.15, -0.1) is 0 Å². The van der Waals surface area contributed by atoms with Crippen LogP contribution in [-0.4, -0.2) is 20.9 Å². The molecule has 1 aromatic carbocycles. The van der Waals surface area contributed by atoms with Gasteiger partial charge in [0.25, 0.3) is 5.56 Å². The molecule has 3 aromatic rings. The molecular weight excluding hydrogens is 356 g/mol. The molecule has 0 bridgehead atoms. The molecule has 4 rings (SSSR count). The van der Waals surface area contributed by atoms with Crippen molar-refractivity contribution in [2.75, 3.05) is 0 Å². The summed E-state index contributed by atoms with van der Waals surface area (Å²) in [5.41, 5.74) is 0.509. The van der Waals surface area contributed by atoms with Gasteiger partial charge in [-0.25, -0.2) is 4.79 Å². The standard InChI is InChI=1S/C18H11ClN4O3/c19-11-6-4-10(5-7-11)15-20-13(14-3-1-2-8-23(14)15)9-12-16(24)21-18(26)22-17(12)25/h1-9H,(H2,21,22,24,25,26)/p+1. The number of hydrogen-bond acceptors (Lipinski definition) is 4. The smallest absolute Gasteiger partial charge is 0.336 e. The highest BCUT2D eigenvalue weighted by Gasteiger charge is 2.31. The van der Waals surface area contributed by atoms with Crippen molar-refractivity contribution in [3.05, 3.63) is 91.3 Å². The molecule has 0 aliphatic carbocycles. The number of aliphatic imine (C=N–C) groups is 1. The van der Waals surface area contributed by atoms with Crippen LogP contribution in [0.2, 0.25) is 5.02 Å². The third-order valence-electron chi connectivity index (χ3n) is 3.92. The van der Waals surface area contributed by atoms with Gasteiger partial charge in [0.2, 0.25) is 11.6 Å². The molecule has 26 heavy (non-hydrogen) atoms. The van der Waals surface area contributed by atoms with Crippen molar-refractivity contribution in [2.45, 2.75) is 0 Å². The first kappa shape index (κ1) is 16.0. The van der Waals surface area contributed by atoms with E-state index < -0.39 is 17.1 Å². The van der Waals surface area contributed by atoms with E-state index in [0.29, 0.717) is 16.6 Å². The molecule has 128 valence electrons. The fourth-order valence-corrected chi connectivity index (χ4v) is 2.85. The Morgan fingerprint density at radius 3 is 2.58 bits per heavy atom. The summed E-state index contributed by atoms with van der Waals surface area (Å²) in [6.07, 6.45) is 3.28. The summed E-state index contributed by atoms with van der Waals surface area (Å²) in [5.74, 6) is 0.146. The zero-order valence-electron chi connectivity index (χ0n) is 13.2. The maximum Gasteiger partial charge on any atom is 0.336 e. The third-order valence-corrected chi connectivity index (χ3v) is 4.17. The molecule has 0 fully saturated rings. The Labute approximate surface area is 151 Å². The number of pyridine rings is 1. The maximum atomic E-state index is 12.0. The Morgan fingerprint density at radius 2 is 1.85 bits per heavy atom. The number of fused-ring (bicyclic) bond motifs is 1. The molecule has 3 heterocycles. The zero-order chi connectivity index (χ0) is 18.3. The predicted octanol–water partition coefficient (Wildman–Crippen LogP) is 1.52. The van der Waals surface area contributed by atoms with Crippen LogP contribution in [-0.2, 0) is 0 Å². The van der Waals surface area contributed by atoms with Crippen LogP contribution in [0, 0.1) is 0 Å².